The van der Waals surface area contributed by atoms with Gasteiger partial charge in [-0.05, 0) is 13.8 Å². The van der Waals surface area contributed by atoms with E-state index in [0.717, 1.165) is 13.0 Å². The summed E-state index contributed by atoms with van der Waals surface area (Å²) in [7, 11) is 2.08. The van der Waals surface area contributed by atoms with E-state index in [1.807, 2.05) is 6.33 Å². The molecule has 1 aromatic heterocycles. The molecule has 0 fully saturated rings. The number of fused-ring (bicyclic) bond motifs is 1. The van der Waals surface area contributed by atoms with Crippen LogP contribution in [0.3, 0.4) is 0 Å². The SMILES string of the molecule is CC(C)N1CCc2c(ncn2C)C1. The first-order valence-electron chi connectivity index (χ1n) is 4.91. The molecular weight excluding hydrogens is 162 g/mol. The lowest BCUT2D eigenvalue weighted by Gasteiger charge is -2.29. The molecule has 0 saturated carbocycles. The van der Waals surface area contributed by atoms with Gasteiger partial charge in [0.15, 0.2) is 0 Å². The molecular formula is C10H17N3. The van der Waals surface area contributed by atoms with E-state index in [9.17, 15) is 0 Å². The zero-order valence-electron chi connectivity index (χ0n) is 8.62. The Morgan fingerprint density at radius 1 is 1.46 bits per heavy atom. The number of aryl methyl sites for hydroxylation is 1. The molecule has 0 aliphatic carbocycles. The molecule has 72 valence electrons. The van der Waals surface area contributed by atoms with Crippen molar-refractivity contribution in [3.8, 4) is 0 Å². The Hall–Kier alpha value is -0.830. The Morgan fingerprint density at radius 3 is 2.92 bits per heavy atom. The average molecular weight is 179 g/mol. The van der Waals surface area contributed by atoms with E-state index < -0.39 is 0 Å². The molecule has 1 aromatic rings. The molecule has 0 atom stereocenters. The molecule has 1 aliphatic rings. The Morgan fingerprint density at radius 2 is 2.23 bits per heavy atom. The molecule has 3 heteroatoms. The maximum atomic E-state index is 4.41. The quantitative estimate of drug-likeness (QED) is 0.645. The minimum absolute atomic E-state index is 0.634. The van der Waals surface area contributed by atoms with Gasteiger partial charge in [0, 0.05) is 38.3 Å². The van der Waals surface area contributed by atoms with Crippen LogP contribution in [0.2, 0.25) is 0 Å². The van der Waals surface area contributed by atoms with Crippen molar-refractivity contribution in [2.75, 3.05) is 6.54 Å². The van der Waals surface area contributed by atoms with Crippen molar-refractivity contribution in [1.82, 2.24) is 14.5 Å². The zero-order chi connectivity index (χ0) is 9.42. The third kappa shape index (κ3) is 1.48. The lowest BCUT2D eigenvalue weighted by molar-refractivity contribution is 0.199. The van der Waals surface area contributed by atoms with E-state index in [0.29, 0.717) is 6.04 Å². The molecule has 0 aromatic carbocycles. The second-order valence-corrected chi connectivity index (χ2v) is 4.06. The van der Waals surface area contributed by atoms with Gasteiger partial charge in [0.25, 0.3) is 0 Å². The fourth-order valence-electron chi connectivity index (χ4n) is 1.92. The van der Waals surface area contributed by atoms with Crippen LogP contribution in [-0.4, -0.2) is 27.0 Å². The normalized spacial score (nSPS) is 17.8. The van der Waals surface area contributed by atoms with Crippen molar-refractivity contribution in [2.24, 2.45) is 7.05 Å². The Kier molecular flexibility index (Phi) is 2.12. The summed E-state index contributed by atoms with van der Waals surface area (Å²) >= 11 is 0. The van der Waals surface area contributed by atoms with Crippen LogP contribution in [0.15, 0.2) is 6.33 Å². The Bertz CT molecular complexity index is 301. The molecule has 0 saturated heterocycles. The van der Waals surface area contributed by atoms with Gasteiger partial charge in [-0.3, -0.25) is 4.90 Å². The molecule has 0 radical (unpaired) electrons. The van der Waals surface area contributed by atoms with Crippen molar-refractivity contribution in [1.29, 1.82) is 0 Å². The van der Waals surface area contributed by atoms with E-state index in [4.69, 9.17) is 0 Å². The molecule has 2 heterocycles. The predicted molar refractivity (Wildman–Crippen MR) is 52.5 cm³/mol. The molecule has 0 spiro atoms. The van der Waals surface area contributed by atoms with Crippen molar-refractivity contribution in [3.63, 3.8) is 0 Å². The fraction of sp³-hybridized carbons (Fsp3) is 0.700. The maximum Gasteiger partial charge on any atom is 0.0949 e. The van der Waals surface area contributed by atoms with Crippen LogP contribution in [0, 0.1) is 0 Å². The van der Waals surface area contributed by atoms with E-state index >= 15 is 0 Å². The van der Waals surface area contributed by atoms with Gasteiger partial charge in [-0.1, -0.05) is 0 Å². The van der Waals surface area contributed by atoms with E-state index in [2.05, 4.69) is 35.3 Å². The minimum atomic E-state index is 0.634. The third-order valence-corrected chi connectivity index (χ3v) is 2.86. The first-order valence-corrected chi connectivity index (χ1v) is 4.91. The number of aromatic nitrogens is 2. The first kappa shape index (κ1) is 8.75. The minimum Gasteiger partial charge on any atom is -0.337 e. The lowest BCUT2D eigenvalue weighted by atomic mass is 10.1. The molecule has 0 N–H and O–H groups in total. The van der Waals surface area contributed by atoms with Crippen molar-refractivity contribution >= 4 is 0 Å². The summed E-state index contributed by atoms with van der Waals surface area (Å²) in [4.78, 5) is 6.88. The zero-order valence-corrected chi connectivity index (χ0v) is 8.62. The van der Waals surface area contributed by atoms with Crippen molar-refractivity contribution in [3.05, 3.63) is 17.7 Å². The predicted octanol–water partition coefficient (Wildman–Crippen LogP) is 1.19. The van der Waals surface area contributed by atoms with Crippen LogP contribution >= 0.6 is 0 Å². The monoisotopic (exact) mass is 179 g/mol. The maximum absolute atomic E-state index is 4.41. The van der Waals surface area contributed by atoms with E-state index in [1.54, 1.807) is 0 Å². The van der Waals surface area contributed by atoms with Crippen LogP contribution in [0.4, 0.5) is 0 Å². The van der Waals surface area contributed by atoms with Crippen LogP contribution in [-0.2, 0) is 20.0 Å². The van der Waals surface area contributed by atoms with Gasteiger partial charge in [0.2, 0.25) is 0 Å². The second-order valence-electron chi connectivity index (χ2n) is 4.06. The van der Waals surface area contributed by atoms with Crippen LogP contribution in [0.1, 0.15) is 25.2 Å². The average Bonchev–Trinajstić information content (AvgIpc) is 2.47. The molecule has 0 bridgehead atoms. The summed E-state index contributed by atoms with van der Waals surface area (Å²) in [5, 5.41) is 0. The highest BCUT2D eigenvalue weighted by molar-refractivity contribution is 5.16. The summed E-state index contributed by atoms with van der Waals surface area (Å²) in [5.74, 6) is 0. The van der Waals surface area contributed by atoms with Gasteiger partial charge in [0.1, 0.15) is 0 Å². The number of imidazole rings is 1. The molecule has 0 amide bonds. The lowest BCUT2D eigenvalue weighted by Crippen LogP contribution is -2.36. The number of rotatable bonds is 1. The summed E-state index contributed by atoms with van der Waals surface area (Å²) in [5.41, 5.74) is 2.68. The molecule has 2 rings (SSSR count). The number of hydrogen-bond acceptors (Lipinski definition) is 2. The van der Waals surface area contributed by atoms with Crippen molar-refractivity contribution in [2.45, 2.75) is 32.9 Å². The summed E-state index contributed by atoms with van der Waals surface area (Å²) in [6.45, 7) is 6.68. The second kappa shape index (κ2) is 3.14. The molecule has 0 unspecified atom stereocenters. The van der Waals surface area contributed by atoms with Gasteiger partial charge < -0.3 is 4.57 Å². The number of hydrogen-bond donors (Lipinski definition) is 0. The van der Waals surface area contributed by atoms with Gasteiger partial charge in [-0.2, -0.15) is 0 Å². The van der Waals surface area contributed by atoms with Gasteiger partial charge in [0.05, 0.1) is 12.0 Å². The summed E-state index contributed by atoms with van der Waals surface area (Å²) in [6, 6.07) is 0.634. The Labute approximate surface area is 79.4 Å². The van der Waals surface area contributed by atoms with Crippen LogP contribution in [0.25, 0.3) is 0 Å². The highest BCUT2D eigenvalue weighted by Crippen LogP contribution is 2.18. The van der Waals surface area contributed by atoms with Gasteiger partial charge in [-0.15, -0.1) is 0 Å². The summed E-state index contributed by atoms with van der Waals surface area (Å²) < 4.78 is 2.15. The van der Waals surface area contributed by atoms with Crippen LogP contribution < -0.4 is 0 Å². The highest BCUT2D eigenvalue weighted by atomic mass is 15.2. The van der Waals surface area contributed by atoms with Gasteiger partial charge >= 0.3 is 0 Å². The molecule has 1 aliphatic heterocycles. The Balaban J connectivity index is 2.21. The first-order chi connectivity index (χ1) is 6.18. The van der Waals surface area contributed by atoms with Gasteiger partial charge in [-0.25, -0.2) is 4.98 Å². The fourth-order valence-corrected chi connectivity index (χ4v) is 1.92. The molecule has 13 heavy (non-hydrogen) atoms. The number of nitrogens with zero attached hydrogens (tertiary/aromatic N) is 3. The van der Waals surface area contributed by atoms with E-state index in [-0.39, 0.29) is 0 Å². The van der Waals surface area contributed by atoms with Crippen molar-refractivity contribution < 1.29 is 0 Å². The van der Waals surface area contributed by atoms with E-state index in [1.165, 1.54) is 17.9 Å². The molecule has 3 nitrogen and oxygen atoms in total. The largest absolute Gasteiger partial charge is 0.337 e. The highest BCUT2D eigenvalue weighted by Gasteiger charge is 2.20. The standard InChI is InChI=1S/C10H17N3/c1-8(2)13-5-4-10-9(6-13)11-7-12(10)3/h7-8H,4-6H2,1-3H3. The topological polar surface area (TPSA) is 21.1 Å². The summed E-state index contributed by atoms with van der Waals surface area (Å²) in [6.07, 6.45) is 3.07. The third-order valence-electron chi connectivity index (χ3n) is 2.86. The van der Waals surface area contributed by atoms with Crippen LogP contribution in [0.5, 0.6) is 0 Å². The smallest absolute Gasteiger partial charge is 0.0949 e.